The van der Waals surface area contributed by atoms with Crippen LogP contribution in [0.2, 0.25) is 0 Å². The Hall–Kier alpha value is -3.15. The van der Waals surface area contributed by atoms with Crippen molar-refractivity contribution in [3.63, 3.8) is 0 Å². The largest absolute Gasteiger partial charge is 0.461 e. The summed E-state index contributed by atoms with van der Waals surface area (Å²) in [5, 5.41) is 2.65. The molecule has 0 saturated heterocycles. The third-order valence-corrected chi connectivity index (χ3v) is 4.50. The normalized spacial score (nSPS) is 11.4. The smallest absolute Gasteiger partial charge is 0.328 e. The monoisotopic (exact) mass is 411 g/mol. The summed E-state index contributed by atoms with van der Waals surface area (Å²) in [7, 11) is 0. The highest BCUT2D eigenvalue weighted by Crippen LogP contribution is 2.10. The molecule has 0 fully saturated rings. The number of amides is 1. The molecule has 1 unspecified atom stereocenters. The zero-order valence-corrected chi connectivity index (χ0v) is 17.3. The molecule has 0 spiro atoms. The number of carbonyl (C=O) groups is 3. The van der Waals surface area contributed by atoms with Crippen molar-refractivity contribution in [3.8, 4) is 0 Å². The molecule has 0 aliphatic heterocycles. The van der Waals surface area contributed by atoms with Crippen LogP contribution < -0.4 is 5.32 Å². The van der Waals surface area contributed by atoms with Crippen molar-refractivity contribution in [1.29, 1.82) is 0 Å². The number of benzene rings is 2. The average Bonchev–Trinajstić information content (AvgIpc) is 2.76. The van der Waals surface area contributed by atoms with E-state index in [1.807, 2.05) is 60.7 Å². The van der Waals surface area contributed by atoms with Crippen LogP contribution in [0.3, 0.4) is 0 Å². The zero-order valence-electron chi connectivity index (χ0n) is 17.3. The van der Waals surface area contributed by atoms with E-state index in [2.05, 4.69) is 5.32 Å². The Morgan fingerprint density at radius 3 is 1.93 bits per heavy atom. The summed E-state index contributed by atoms with van der Waals surface area (Å²) in [6.45, 7) is 1.82. The van der Waals surface area contributed by atoms with Gasteiger partial charge in [-0.25, -0.2) is 4.79 Å². The lowest BCUT2D eigenvalue weighted by molar-refractivity contribution is -0.149. The fraction of sp³-hybridized carbons (Fsp3) is 0.375. The predicted molar refractivity (Wildman–Crippen MR) is 113 cm³/mol. The lowest BCUT2D eigenvalue weighted by atomic mass is 10.1. The van der Waals surface area contributed by atoms with E-state index in [1.54, 1.807) is 0 Å². The Morgan fingerprint density at radius 1 is 0.800 bits per heavy atom. The van der Waals surface area contributed by atoms with Crippen LogP contribution >= 0.6 is 0 Å². The highest BCUT2D eigenvalue weighted by atomic mass is 16.5. The Morgan fingerprint density at radius 2 is 1.37 bits per heavy atom. The quantitative estimate of drug-likeness (QED) is 0.423. The van der Waals surface area contributed by atoms with E-state index in [4.69, 9.17) is 9.47 Å². The van der Waals surface area contributed by atoms with Crippen LogP contribution in [0.5, 0.6) is 0 Å². The molecule has 1 N–H and O–H groups in total. The first kappa shape index (κ1) is 23.1. The van der Waals surface area contributed by atoms with Crippen molar-refractivity contribution in [2.24, 2.45) is 0 Å². The van der Waals surface area contributed by atoms with Crippen LogP contribution in [0.4, 0.5) is 0 Å². The zero-order chi connectivity index (χ0) is 21.6. The van der Waals surface area contributed by atoms with Crippen LogP contribution in [0.1, 0.15) is 50.2 Å². The van der Waals surface area contributed by atoms with Gasteiger partial charge in [0.25, 0.3) is 0 Å². The van der Waals surface area contributed by atoms with Gasteiger partial charge in [-0.3, -0.25) is 9.59 Å². The summed E-state index contributed by atoms with van der Waals surface area (Å²) in [4.78, 5) is 35.6. The minimum Gasteiger partial charge on any atom is -0.461 e. The lowest BCUT2D eigenvalue weighted by Crippen LogP contribution is -2.40. The molecule has 6 nitrogen and oxygen atoms in total. The first-order valence-corrected chi connectivity index (χ1v) is 10.2. The molecule has 0 heterocycles. The second-order valence-electron chi connectivity index (χ2n) is 7.09. The molecule has 160 valence electrons. The summed E-state index contributed by atoms with van der Waals surface area (Å²) in [5.41, 5.74) is 1.85. The van der Waals surface area contributed by atoms with Crippen LogP contribution in [0, 0.1) is 0 Å². The fourth-order valence-corrected chi connectivity index (χ4v) is 2.93. The Labute approximate surface area is 177 Å². The van der Waals surface area contributed by atoms with Crippen molar-refractivity contribution in [2.45, 2.75) is 58.3 Å². The van der Waals surface area contributed by atoms with E-state index < -0.39 is 12.0 Å². The first-order chi connectivity index (χ1) is 14.5. The van der Waals surface area contributed by atoms with Gasteiger partial charge in [-0.05, 0) is 24.0 Å². The van der Waals surface area contributed by atoms with E-state index in [1.165, 1.54) is 6.92 Å². The van der Waals surface area contributed by atoms with Crippen molar-refractivity contribution in [2.75, 3.05) is 0 Å². The SMILES string of the molecule is CC(=O)NC(CCCCCC(=O)OCc1ccccc1)C(=O)OCc1ccccc1. The Bertz CT molecular complexity index is 792. The molecule has 2 aromatic carbocycles. The Balaban J connectivity index is 1.65. The van der Waals surface area contributed by atoms with E-state index in [-0.39, 0.29) is 25.1 Å². The van der Waals surface area contributed by atoms with Crippen molar-refractivity contribution >= 4 is 17.8 Å². The predicted octanol–water partition coefficient (Wildman–Crippen LogP) is 3.93. The summed E-state index contributed by atoms with van der Waals surface area (Å²) >= 11 is 0. The number of unbranched alkanes of at least 4 members (excludes halogenated alkanes) is 2. The maximum atomic E-state index is 12.3. The van der Waals surface area contributed by atoms with Gasteiger partial charge in [0.2, 0.25) is 5.91 Å². The highest BCUT2D eigenvalue weighted by Gasteiger charge is 2.20. The molecular weight excluding hydrogens is 382 g/mol. The van der Waals surface area contributed by atoms with Gasteiger partial charge in [0.1, 0.15) is 19.3 Å². The maximum absolute atomic E-state index is 12.3. The molecule has 0 aromatic heterocycles. The molecule has 6 heteroatoms. The van der Waals surface area contributed by atoms with Gasteiger partial charge < -0.3 is 14.8 Å². The van der Waals surface area contributed by atoms with E-state index in [0.717, 1.165) is 17.5 Å². The molecule has 1 atom stereocenters. The fourth-order valence-electron chi connectivity index (χ4n) is 2.93. The third-order valence-electron chi connectivity index (χ3n) is 4.50. The van der Waals surface area contributed by atoms with E-state index in [0.29, 0.717) is 25.7 Å². The topological polar surface area (TPSA) is 81.7 Å². The summed E-state index contributed by atoms with van der Waals surface area (Å²) in [5.74, 6) is -0.961. The molecule has 2 rings (SSSR count). The maximum Gasteiger partial charge on any atom is 0.328 e. The molecule has 0 aliphatic carbocycles. The van der Waals surface area contributed by atoms with Gasteiger partial charge in [0.05, 0.1) is 0 Å². The van der Waals surface area contributed by atoms with E-state index in [9.17, 15) is 14.4 Å². The van der Waals surface area contributed by atoms with Gasteiger partial charge in [-0.15, -0.1) is 0 Å². The molecule has 0 saturated carbocycles. The number of esters is 2. The van der Waals surface area contributed by atoms with Crippen LogP contribution in [0.25, 0.3) is 0 Å². The van der Waals surface area contributed by atoms with Crippen LogP contribution in [-0.4, -0.2) is 23.9 Å². The number of hydrogen-bond donors (Lipinski definition) is 1. The third kappa shape index (κ3) is 9.37. The summed E-state index contributed by atoms with van der Waals surface area (Å²) < 4.78 is 10.6. The number of ether oxygens (including phenoxy) is 2. The van der Waals surface area contributed by atoms with Gasteiger partial charge in [0.15, 0.2) is 0 Å². The van der Waals surface area contributed by atoms with E-state index >= 15 is 0 Å². The van der Waals surface area contributed by atoms with Crippen molar-refractivity contribution < 1.29 is 23.9 Å². The Kier molecular flexibility index (Phi) is 10.1. The van der Waals surface area contributed by atoms with Gasteiger partial charge in [-0.2, -0.15) is 0 Å². The lowest BCUT2D eigenvalue weighted by Gasteiger charge is -2.16. The standard InChI is InChI=1S/C24H29NO5/c1-19(26)25-22(24(28)30-18-21-13-7-3-8-14-21)15-9-4-10-16-23(27)29-17-20-11-5-2-6-12-20/h2-3,5-8,11-14,22H,4,9-10,15-18H2,1H3,(H,25,26). The summed E-state index contributed by atoms with van der Waals surface area (Å²) in [6, 6.07) is 18.2. The summed E-state index contributed by atoms with van der Waals surface area (Å²) in [6.07, 6.45) is 2.90. The molecule has 2 aromatic rings. The highest BCUT2D eigenvalue weighted by molar-refractivity contribution is 5.83. The number of carbonyl (C=O) groups excluding carboxylic acids is 3. The first-order valence-electron chi connectivity index (χ1n) is 10.2. The molecular formula is C24H29NO5. The molecule has 1 amide bonds. The van der Waals surface area contributed by atoms with Crippen LogP contribution in [0.15, 0.2) is 60.7 Å². The minimum atomic E-state index is -0.684. The average molecular weight is 411 g/mol. The van der Waals surface area contributed by atoms with Gasteiger partial charge in [0, 0.05) is 13.3 Å². The second-order valence-corrected chi connectivity index (χ2v) is 7.09. The van der Waals surface area contributed by atoms with Gasteiger partial charge >= 0.3 is 11.9 Å². The number of nitrogens with one attached hydrogen (secondary N) is 1. The molecule has 30 heavy (non-hydrogen) atoms. The van der Waals surface area contributed by atoms with Crippen molar-refractivity contribution in [3.05, 3.63) is 71.8 Å². The minimum absolute atomic E-state index is 0.170. The molecule has 0 radical (unpaired) electrons. The van der Waals surface area contributed by atoms with Crippen LogP contribution in [-0.2, 0) is 37.1 Å². The van der Waals surface area contributed by atoms with Gasteiger partial charge in [-0.1, -0.05) is 73.5 Å². The molecule has 0 aliphatic rings. The molecule has 0 bridgehead atoms. The second kappa shape index (κ2) is 13.1. The number of hydrogen-bond acceptors (Lipinski definition) is 5. The number of rotatable bonds is 12. The van der Waals surface area contributed by atoms with Crippen molar-refractivity contribution in [1.82, 2.24) is 5.32 Å².